The second-order valence-electron chi connectivity index (χ2n) is 5.59. The molecule has 0 aliphatic carbocycles. The Balaban J connectivity index is 2.10. The van der Waals surface area contributed by atoms with Crippen LogP contribution in [0.2, 0.25) is 5.02 Å². The number of carbonyl (C=O) groups is 1. The number of benzene rings is 1. The molecular formula is C16H19ClF3N3O. The lowest BCUT2D eigenvalue weighted by molar-refractivity contribution is -0.137. The summed E-state index contributed by atoms with van der Waals surface area (Å²) in [6.45, 7) is 3.75. The average molecular weight is 362 g/mol. The zero-order chi connectivity index (χ0) is 17.7. The Bertz CT molecular complexity index is 631. The van der Waals surface area contributed by atoms with Gasteiger partial charge in [0, 0.05) is 19.5 Å². The smallest absolute Gasteiger partial charge is 0.360 e. The van der Waals surface area contributed by atoms with Gasteiger partial charge in [-0.3, -0.25) is 0 Å². The number of carbonyl (C=O) groups excluding carboxylic acids is 1. The minimum atomic E-state index is -4.50. The van der Waals surface area contributed by atoms with E-state index in [1.165, 1.54) is 0 Å². The van der Waals surface area contributed by atoms with Crippen molar-refractivity contribution in [1.82, 2.24) is 4.90 Å². The van der Waals surface area contributed by atoms with Crippen LogP contribution in [-0.2, 0) is 6.18 Å². The van der Waals surface area contributed by atoms with Crippen LogP contribution in [0.25, 0.3) is 0 Å². The van der Waals surface area contributed by atoms with Crippen LogP contribution in [0.4, 0.5) is 23.7 Å². The highest BCUT2D eigenvalue weighted by atomic mass is 35.5. The molecule has 0 radical (unpaired) electrons. The molecule has 0 unspecified atom stereocenters. The summed E-state index contributed by atoms with van der Waals surface area (Å²) in [6.07, 6.45) is -0.859. The fourth-order valence-electron chi connectivity index (χ4n) is 2.49. The molecule has 132 valence electrons. The number of rotatable bonds is 4. The van der Waals surface area contributed by atoms with Crippen molar-refractivity contribution in [1.29, 1.82) is 0 Å². The van der Waals surface area contributed by atoms with Crippen molar-refractivity contribution >= 4 is 29.2 Å². The monoisotopic (exact) mass is 361 g/mol. The summed E-state index contributed by atoms with van der Waals surface area (Å²) in [5.74, 6) is 0.670. The van der Waals surface area contributed by atoms with E-state index in [1.54, 1.807) is 0 Å². The van der Waals surface area contributed by atoms with Crippen LogP contribution >= 0.6 is 11.6 Å². The van der Waals surface area contributed by atoms with Crippen LogP contribution in [0.1, 0.15) is 38.2 Å². The van der Waals surface area contributed by atoms with E-state index in [2.05, 4.69) is 17.2 Å². The third kappa shape index (κ3) is 4.87. The Hall–Kier alpha value is -1.76. The predicted molar refractivity (Wildman–Crippen MR) is 88.6 cm³/mol. The van der Waals surface area contributed by atoms with Gasteiger partial charge >= 0.3 is 12.2 Å². The number of nitrogens with zero attached hydrogens (tertiary/aromatic N) is 2. The van der Waals surface area contributed by atoms with E-state index in [0.717, 1.165) is 50.6 Å². The molecule has 1 saturated heterocycles. The summed E-state index contributed by atoms with van der Waals surface area (Å²) in [4.78, 5) is 18.1. The number of aliphatic imine (C=N–C) groups is 1. The van der Waals surface area contributed by atoms with Crippen molar-refractivity contribution in [3.8, 4) is 0 Å². The number of likely N-dealkylation sites (tertiary alicyclic amines) is 1. The van der Waals surface area contributed by atoms with Gasteiger partial charge in [0.2, 0.25) is 0 Å². The van der Waals surface area contributed by atoms with Gasteiger partial charge in [0.1, 0.15) is 5.84 Å². The lowest BCUT2D eigenvalue weighted by Gasteiger charge is -2.18. The maximum Gasteiger partial charge on any atom is 0.416 e. The number of hydrogen-bond acceptors (Lipinski definition) is 1. The molecule has 1 N–H and O–H groups in total. The molecule has 0 aromatic heterocycles. The first-order chi connectivity index (χ1) is 11.3. The summed E-state index contributed by atoms with van der Waals surface area (Å²) in [5, 5.41) is 2.37. The van der Waals surface area contributed by atoms with Gasteiger partial charge < -0.3 is 10.2 Å². The molecule has 1 aromatic carbocycles. The molecule has 0 spiro atoms. The van der Waals surface area contributed by atoms with E-state index in [-0.39, 0.29) is 10.7 Å². The van der Waals surface area contributed by atoms with Crippen LogP contribution < -0.4 is 5.32 Å². The topological polar surface area (TPSA) is 44.7 Å². The van der Waals surface area contributed by atoms with Crippen molar-refractivity contribution in [3.63, 3.8) is 0 Å². The second kappa shape index (κ2) is 7.88. The molecule has 4 nitrogen and oxygen atoms in total. The molecule has 0 bridgehead atoms. The number of nitrogens with one attached hydrogen (secondary N) is 1. The number of unbranched alkanes of at least 4 members (excludes halogenated alkanes) is 1. The lowest BCUT2D eigenvalue weighted by atomic mass is 10.2. The number of alkyl halides is 3. The highest BCUT2D eigenvalue weighted by Crippen LogP contribution is 2.33. The van der Waals surface area contributed by atoms with E-state index in [0.29, 0.717) is 12.3 Å². The normalized spacial score (nSPS) is 16.7. The summed E-state index contributed by atoms with van der Waals surface area (Å²) < 4.78 is 38.2. The van der Waals surface area contributed by atoms with Crippen molar-refractivity contribution in [2.24, 2.45) is 4.99 Å². The zero-order valence-corrected chi connectivity index (χ0v) is 14.0. The Kier molecular flexibility index (Phi) is 6.10. The van der Waals surface area contributed by atoms with Gasteiger partial charge in [-0.1, -0.05) is 24.9 Å². The predicted octanol–water partition coefficient (Wildman–Crippen LogP) is 5.19. The molecule has 1 aromatic rings. The van der Waals surface area contributed by atoms with Crippen LogP contribution in [0.3, 0.4) is 0 Å². The number of halogens is 4. The fourth-order valence-corrected chi connectivity index (χ4v) is 2.65. The third-order valence-electron chi connectivity index (χ3n) is 3.74. The van der Waals surface area contributed by atoms with Crippen LogP contribution in [0, 0.1) is 0 Å². The average Bonchev–Trinajstić information content (AvgIpc) is 2.93. The van der Waals surface area contributed by atoms with Crippen LogP contribution in [0.5, 0.6) is 0 Å². The van der Waals surface area contributed by atoms with Crippen LogP contribution in [0.15, 0.2) is 23.2 Å². The van der Waals surface area contributed by atoms with E-state index < -0.39 is 17.8 Å². The third-order valence-corrected chi connectivity index (χ3v) is 4.07. The van der Waals surface area contributed by atoms with Gasteiger partial charge in [-0.15, -0.1) is 0 Å². The van der Waals surface area contributed by atoms with Crippen molar-refractivity contribution < 1.29 is 18.0 Å². The molecule has 2 rings (SSSR count). The maximum atomic E-state index is 12.7. The lowest BCUT2D eigenvalue weighted by Crippen LogP contribution is -2.27. The zero-order valence-electron chi connectivity index (χ0n) is 13.3. The van der Waals surface area contributed by atoms with Gasteiger partial charge in [-0.05, 0) is 31.0 Å². The molecule has 24 heavy (non-hydrogen) atoms. The standard InChI is InChI=1S/C16H19ClF3N3O/c1-2-3-8-23-9-4-5-14(23)22-15(24)21-13-10-11(16(18,19)20)6-7-12(13)17/h6-7,10H,2-5,8-9H2,1H3,(H,21,24). The Labute approximate surface area is 143 Å². The number of amides is 2. The molecule has 2 amide bonds. The van der Waals surface area contributed by atoms with E-state index >= 15 is 0 Å². The van der Waals surface area contributed by atoms with Crippen LogP contribution in [-0.4, -0.2) is 29.9 Å². The van der Waals surface area contributed by atoms with Crippen molar-refractivity contribution in [2.75, 3.05) is 18.4 Å². The Morgan fingerprint density at radius 1 is 1.42 bits per heavy atom. The van der Waals surface area contributed by atoms with E-state index in [1.807, 2.05) is 4.90 Å². The Morgan fingerprint density at radius 2 is 2.17 bits per heavy atom. The second-order valence-corrected chi connectivity index (χ2v) is 6.00. The number of hydrogen-bond donors (Lipinski definition) is 1. The maximum absolute atomic E-state index is 12.7. The molecule has 1 fully saturated rings. The van der Waals surface area contributed by atoms with Gasteiger partial charge in [0.15, 0.2) is 0 Å². The quantitative estimate of drug-likeness (QED) is 0.802. The number of urea groups is 1. The molecule has 8 heteroatoms. The van der Waals surface area contributed by atoms with Gasteiger partial charge in [0.25, 0.3) is 0 Å². The largest absolute Gasteiger partial charge is 0.416 e. The highest BCUT2D eigenvalue weighted by molar-refractivity contribution is 6.33. The minimum absolute atomic E-state index is 0.0332. The molecule has 0 saturated carbocycles. The molecule has 1 heterocycles. The Morgan fingerprint density at radius 3 is 2.83 bits per heavy atom. The fraction of sp³-hybridized carbons (Fsp3) is 0.500. The number of anilines is 1. The first-order valence-electron chi connectivity index (χ1n) is 7.81. The summed E-state index contributed by atoms with van der Waals surface area (Å²) in [7, 11) is 0. The summed E-state index contributed by atoms with van der Waals surface area (Å²) in [5.41, 5.74) is -0.973. The minimum Gasteiger partial charge on any atom is -0.360 e. The SMILES string of the molecule is CCCCN1CCCC1=NC(=O)Nc1cc(C(F)(F)F)ccc1Cl. The summed E-state index contributed by atoms with van der Waals surface area (Å²) >= 11 is 5.86. The molecule has 0 atom stereocenters. The summed E-state index contributed by atoms with van der Waals surface area (Å²) in [6, 6.07) is 2.07. The molecular weight excluding hydrogens is 343 g/mol. The van der Waals surface area contributed by atoms with E-state index in [4.69, 9.17) is 11.6 Å². The van der Waals surface area contributed by atoms with Gasteiger partial charge in [-0.25, -0.2) is 4.79 Å². The van der Waals surface area contributed by atoms with Crippen molar-refractivity contribution in [2.45, 2.75) is 38.8 Å². The van der Waals surface area contributed by atoms with Gasteiger partial charge in [-0.2, -0.15) is 18.2 Å². The number of amidine groups is 1. The molecule has 1 aliphatic rings. The highest BCUT2D eigenvalue weighted by Gasteiger charge is 2.31. The van der Waals surface area contributed by atoms with Gasteiger partial charge in [0.05, 0.1) is 16.3 Å². The first kappa shape index (κ1) is 18.6. The first-order valence-corrected chi connectivity index (χ1v) is 8.19. The van der Waals surface area contributed by atoms with Crippen molar-refractivity contribution in [3.05, 3.63) is 28.8 Å². The molecule has 1 aliphatic heterocycles. The van der Waals surface area contributed by atoms with E-state index in [9.17, 15) is 18.0 Å².